The Bertz CT molecular complexity index is 1030. The van der Waals surface area contributed by atoms with Crippen molar-refractivity contribution in [3.05, 3.63) is 56.6 Å². The van der Waals surface area contributed by atoms with Gasteiger partial charge in [-0.3, -0.25) is 9.59 Å². The number of aliphatic carboxylic acids is 1. The van der Waals surface area contributed by atoms with Crippen LogP contribution >= 0.6 is 11.6 Å². The molecule has 0 fully saturated rings. The molecule has 0 spiro atoms. The fraction of sp³-hybridized carbons (Fsp3) is 0.440. The Morgan fingerprint density at radius 2 is 1.67 bits per heavy atom. The molecule has 0 atom stereocenters. The Morgan fingerprint density at radius 1 is 1.07 bits per heavy atom. The number of carboxylic acid groups (broad SMARTS) is 1. The van der Waals surface area contributed by atoms with Crippen molar-refractivity contribution >= 4 is 23.5 Å². The van der Waals surface area contributed by atoms with Crippen LogP contribution in [0.15, 0.2) is 18.2 Å². The van der Waals surface area contributed by atoms with E-state index in [9.17, 15) is 14.7 Å². The Kier molecular flexibility index (Phi) is 6.01. The molecule has 2 aromatic carbocycles. The lowest BCUT2D eigenvalue weighted by molar-refractivity contribution is -0.136. The Hall–Kier alpha value is -2.33. The van der Waals surface area contributed by atoms with Crippen LogP contribution in [0.5, 0.6) is 0 Å². The van der Waals surface area contributed by atoms with Crippen LogP contribution < -0.4 is 0 Å². The van der Waals surface area contributed by atoms with E-state index in [1.165, 1.54) is 0 Å². The summed E-state index contributed by atoms with van der Waals surface area (Å²) in [4.78, 5) is 26.5. The maximum absolute atomic E-state index is 12.9. The monoisotopic (exact) mass is 427 g/mol. The summed E-state index contributed by atoms with van der Waals surface area (Å²) in [7, 11) is 0. The van der Waals surface area contributed by atoms with Gasteiger partial charge in [-0.2, -0.15) is 0 Å². The van der Waals surface area contributed by atoms with Crippen LogP contribution in [0.3, 0.4) is 0 Å². The standard InChI is InChI=1S/C25H30ClNO3/c1-14-9-17(26)7-8-18(14)24-16(3)21-13-27(22(28)11-25(4,5)6)12-20(21)15(2)19(24)10-23(29)30/h7-9H,10-13H2,1-6H3,(H,29,30). The minimum atomic E-state index is -0.857. The molecule has 4 nitrogen and oxygen atoms in total. The number of nitrogens with zero attached hydrogens (tertiary/aromatic N) is 1. The number of hydrogen-bond acceptors (Lipinski definition) is 2. The summed E-state index contributed by atoms with van der Waals surface area (Å²) >= 11 is 6.16. The fourth-order valence-corrected chi connectivity index (χ4v) is 4.68. The van der Waals surface area contributed by atoms with E-state index >= 15 is 0 Å². The molecule has 0 aromatic heterocycles. The number of hydrogen-bond donors (Lipinski definition) is 1. The topological polar surface area (TPSA) is 57.6 Å². The number of fused-ring (bicyclic) bond motifs is 1. The van der Waals surface area contributed by atoms with Crippen molar-refractivity contribution < 1.29 is 14.7 Å². The Morgan fingerprint density at radius 3 is 2.20 bits per heavy atom. The second-order valence-electron chi connectivity index (χ2n) is 9.58. The highest BCUT2D eigenvalue weighted by Crippen LogP contribution is 2.41. The number of benzene rings is 2. The number of carboxylic acids is 1. The molecule has 0 saturated carbocycles. The van der Waals surface area contributed by atoms with Crippen molar-refractivity contribution in [3.8, 4) is 11.1 Å². The van der Waals surface area contributed by atoms with Crippen LogP contribution in [0.1, 0.15) is 60.6 Å². The maximum Gasteiger partial charge on any atom is 0.307 e. The first-order valence-corrected chi connectivity index (χ1v) is 10.7. The van der Waals surface area contributed by atoms with E-state index in [1.54, 1.807) is 0 Å². The third kappa shape index (κ3) is 4.39. The number of aryl methyl sites for hydroxylation is 1. The second-order valence-corrected chi connectivity index (χ2v) is 10.0. The van der Waals surface area contributed by atoms with Gasteiger partial charge in [-0.1, -0.05) is 38.4 Å². The van der Waals surface area contributed by atoms with Crippen LogP contribution in [0.2, 0.25) is 5.02 Å². The van der Waals surface area contributed by atoms with Gasteiger partial charge in [0, 0.05) is 24.5 Å². The number of amides is 1. The lowest BCUT2D eigenvalue weighted by atomic mass is 9.83. The summed E-state index contributed by atoms with van der Waals surface area (Å²) in [6.07, 6.45) is 0.442. The minimum Gasteiger partial charge on any atom is -0.481 e. The molecule has 0 bridgehead atoms. The van der Waals surface area contributed by atoms with E-state index in [1.807, 2.05) is 43.9 Å². The third-order valence-corrected chi connectivity index (χ3v) is 6.15. The van der Waals surface area contributed by atoms with E-state index < -0.39 is 5.97 Å². The number of rotatable bonds is 4. The van der Waals surface area contributed by atoms with Gasteiger partial charge in [-0.05, 0) is 82.8 Å². The predicted octanol–water partition coefficient (Wildman–Crippen LogP) is 5.84. The number of carbonyl (C=O) groups excluding carboxylic acids is 1. The zero-order chi connectivity index (χ0) is 22.4. The van der Waals surface area contributed by atoms with E-state index in [4.69, 9.17) is 11.6 Å². The lowest BCUT2D eigenvalue weighted by Gasteiger charge is -2.22. The Labute approximate surface area is 183 Å². The van der Waals surface area contributed by atoms with Gasteiger partial charge >= 0.3 is 5.97 Å². The van der Waals surface area contributed by atoms with Crippen LogP contribution in [0, 0.1) is 26.2 Å². The van der Waals surface area contributed by atoms with E-state index in [0.717, 1.165) is 44.5 Å². The average Bonchev–Trinajstić information content (AvgIpc) is 3.05. The molecular weight excluding hydrogens is 398 g/mol. The minimum absolute atomic E-state index is 0.0483. The maximum atomic E-state index is 12.9. The summed E-state index contributed by atoms with van der Waals surface area (Å²) < 4.78 is 0. The van der Waals surface area contributed by atoms with Crippen molar-refractivity contribution in [1.29, 1.82) is 0 Å². The van der Waals surface area contributed by atoms with Crippen molar-refractivity contribution in [2.24, 2.45) is 5.41 Å². The summed E-state index contributed by atoms with van der Waals surface area (Å²) in [5.41, 5.74) is 8.01. The Balaban J connectivity index is 2.15. The van der Waals surface area contributed by atoms with Crippen LogP contribution in [0.4, 0.5) is 0 Å². The molecule has 1 aliphatic heterocycles. The molecule has 0 saturated heterocycles. The quantitative estimate of drug-likeness (QED) is 0.666. The molecule has 2 aromatic rings. The summed E-state index contributed by atoms with van der Waals surface area (Å²) in [5.74, 6) is -0.717. The van der Waals surface area contributed by atoms with E-state index in [0.29, 0.717) is 24.5 Å². The van der Waals surface area contributed by atoms with Crippen LogP contribution in [-0.4, -0.2) is 21.9 Å². The highest BCUT2D eigenvalue weighted by molar-refractivity contribution is 6.30. The van der Waals surface area contributed by atoms with Crippen molar-refractivity contribution in [1.82, 2.24) is 4.90 Å². The first-order valence-electron chi connectivity index (χ1n) is 10.3. The second kappa shape index (κ2) is 8.07. The van der Waals surface area contributed by atoms with Gasteiger partial charge in [-0.25, -0.2) is 0 Å². The fourth-order valence-electron chi connectivity index (χ4n) is 4.45. The van der Waals surface area contributed by atoms with Gasteiger partial charge in [-0.15, -0.1) is 0 Å². The van der Waals surface area contributed by atoms with Crippen molar-refractivity contribution in [2.45, 2.75) is 67.5 Å². The van der Waals surface area contributed by atoms with Gasteiger partial charge in [0.05, 0.1) is 6.42 Å². The molecule has 1 amide bonds. The first kappa shape index (κ1) is 22.4. The smallest absolute Gasteiger partial charge is 0.307 e. The molecule has 0 radical (unpaired) electrons. The zero-order valence-corrected chi connectivity index (χ0v) is 19.4. The molecule has 1 N–H and O–H groups in total. The summed E-state index contributed by atoms with van der Waals surface area (Å²) in [6, 6.07) is 5.72. The largest absolute Gasteiger partial charge is 0.481 e. The molecule has 1 aliphatic rings. The molecule has 0 aliphatic carbocycles. The van der Waals surface area contributed by atoms with Gasteiger partial charge < -0.3 is 10.0 Å². The molecule has 30 heavy (non-hydrogen) atoms. The lowest BCUT2D eigenvalue weighted by Crippen LogP contribution is -2.29. The average molecular weight is 428 g/mol. The van der Waals surface area contributed by atoms with Crippen LogP contribution in [-0.2, 0) is 29.1 Å². The van der Waals surface area contributed by atoms with Gasteiger partial charge in [0.15, 0.2) is 0 Å². The third-order valence-electron chi connectivity index (χ3n) is 5.92. The molecule has 3 rings (SSSR count). The highest BCUT2D eigenvalue weighted by atomic mass is 35.5. The van der Waals surface area contributed by atoms with Gasteiger partial charge in [0.2, 0.25) is 5.91 Å². The van der Waals surface area contributed by atoms with E-state index in [-0.39, 0.29) is 17.7 Å². The van der Waals surface area contributed by atoms with E-state index in [2.05, 4.69) is 20.8 Å². The number of carbonyl (C=O) groups is 2. The molecule has 5 heteroatoms. The molecule has 1 heterocycles. The van der Waals surface area contributed by atoms with Crippen LogP contribution in [0.25, 0.3) is 11.1 Å². The van der Waals surface area contributed by atoms with Crippen molar-refractivity contribution in [2.75, 3.05) is 0 Å². The summed E-state index contributed by atoms with van der Waals surface area (Å²) in [6.45, 7) is 13.3. The van der Waals surface area contributed by atoms with Gasteiger partial charge in [0.1, 0.15) is 0 Å². The normalized spacial score (nSPS) is 13.5. The molecule has 160 valence electrons. The highest BCUT2D eigenvalue weighted by Gasteiger charge is 2.32. The van der Waals surface area contributed by atoms with Gasteiger partial charge in [0.25, 0.3) is 0 Å². The predicted molar refractivity (Wildman–Crippen MR) is 121 cm³/mol. The zero-order valence-electron chi connectivity index (χ0n) is 18.6. The van der Waals surface area contributed by atoms with Crippen molar-refractivity contribution in [3.63, 3.8) is 0 Å². The molecule has 0 unspecified atom stereocenters. The SMILES string of the molecule is Cc1cc(Cl)ccc1-c1c(C)c2c(c(C)c1CC(=O)O)CN(C(=O)CC(C)(C)C)C2. The molecular formula is C25H30ClNO3. The summed E-state index contributed by atoms with van der Waals surface area (Å²) in [5, 5.41) is 10.3. The number of halogens is 1. The first-order chi connectivity index (χ1) is 13.9.